The van der Waals surface area contributed by atoms with Gasteiger partial charge in [0.25, 0.3) is 5.91 Å². The van der Waals surface area contributed by atoms with Crippen molar-refractivity contribution >= 4 is 17.5 Å². The highest BCUT2D eigenvalue weighted by atomic mass is 16.2. The highest BCUT2D eigenvalue weighted by molar-refractivity contribution is 5.96. The maximum atomic E-state index is 13.4. The van der Waals surface area contributed by atoms with Gasteiger partial charge >= 0.3 is 0 Å². The van der Waals surface area contributed by atoms with Crippen molar-refractivity contribution in [3.05, 3.63) is 53.3 Å². The second kappa shape index (κ2) is 6.83. The Balaban J connectivity index is 1.42. The van der Waals surface area contributed by atoms with Gasteiger partial charge in [-0.2, -0.15) is 5.10 Å². The number of nitrogen functional groups attached to an aromatic ring is 1. The molecule has 8 heteroatoms. The van der Waals surface area contributed by atoms with Crippen LogP contribution in [0.15, 0.2) is 36.5 Å². The number of anilines is 2. The number of carbonyl (C=O) groups is 1. The number of aromatic amines is 1. The van der Waals surface area contributed by atoms with Crippen LogP contribution in [0.25, 0.3) is 11.4 Å². The topological polar surface area (TPSA) is 104 Å². The van der Waals surface area contributed by atoms with E-state index >= 15 is 0 Å². The fourth-order valence-corrected chi connectivity index (χ4v) is 4.61. The first-order valence-corrected chi connectivity index (χ1v) is 10.2. The number of hydrogen-bond acceptors (Lipinski definition) is 6. The number of benzene rings is 1. The first kappa shape index (κ1) is 18.6. The lowest BCUT2D eigenvalue weighted by Crippen LogP contribution is -2.49. The van der Waals surface area contributed by atoms with E-state index in [0.29, 0.717) is 24.5 Å². The molecular formula is C22H25N7O. The van der Waals surface area contributed by atoms with Crippen LogP contribution in [0, 0.1) is 0 Å². The van der Waals surface area contributed by atoms with E-state index in [1.807, 2.05) is 23.1 Å². The van der Waals surface area contributed by atoms with Gasteiger partial charge in [0.2, 0.25) is 5.95 Å². The molecule has 1 aliphatic heterocycles. The van der Waals surface area contributed by atoms with Crippen LogP contribution in [0.3, 0.4) is 0 Å². The molecule has 0 spiro atoms. The molecule has 0 unspecified atom stereocenters. The van der Waals surface area contributed by atoms with Crippen LogP contribution in [-0.2, 0) is 11.8 Å². The van der Waals surface area contributed by atoms with E-state index in [0.717, 1.165) is 36.3 Å². The van der Waals surface area contributed by atoms with Crippen molar-refractivity contribution in [1.29, 1.82) is 0 Å². The van der Waals surface area contributed by atoms with E-state index in [2.05, 4.69) is 51.0 Å². The second-order valence-corrected chi connectivity index (χ2v) is 8.60. The summed E-state index contributed by atoms with van der Waals surface area (Å²) >= 11 is 0. The highest BCUT2D eigenvalue weighted by Crippen LogP contribution is 2.43. The number of piperazine rings is 1. The molecule has 154 valence electrons. The molecule has 3 heterocycles. The third-order valence-corrected chi connectivity index (χ3v) is 6.09. The molecule has 0 bridgehead atoms. The van der Waals surface area contributed by atoms with E-state index in [9.17, 15) is 4.79 Å². The number of hydrogen-bond donors (Lipinski definition) is 2. The lowest BCUT2D eigenvalue weighted by molar-refractivity contribution is 0.0738. The second-order valence-electron chi connectivity index (χ2n) is 8.60. The summed E-state index contributed by atoms with van der Waals surface area (Å²) in [4.78, 5) is 26.2. The molecule has 1 aliphatic carbocycles. The molecule has 2 aliphatic rings. The quantitative estimate of drug-likeness (QED) is 0.680. The van der Waals surface area contributed by atoms with Crippen molar-refractivity contribution in [3.63, 3.8) is 0 Å². The largest absolute Gasteiger partial charge is 0.368 e. The number of rotatable bonds is 2. The summed E-state index contributed by atoms with van der Waals surface area (Å²) in [6.07, 6.45) is 2.50. The van der Waals surface area contributed by atoms with Crippen LogP contribution in [0.2, 0.25) is 0 Å². The zero-order chi connectivity index (χ0) is 20.9. The molecule has 8 nitrogen and oxygen atoms in total. The maximum absolute atomic E-state index is 13.4. The molecule has 3 aromatic rings. The first-order chi connectivity index (χ1) is 14.4. The molecule has 3 N–H and O–H groups in total. The predicted octanol–water partition coefficient (Wildman–Crippen LogP) is 2.25. The molecule has 1 aromatic carbocycles. The maximum Gasteiger partial charge on any atom is 0.272 e. The normalized spacial score (nSPS) is 17.4. The van der Waals surface area contributed by atoms with Crippen molar-refractivity contribution < 1.29 is 4.79 Å². The van der Waals surface area contributed by atoms with Gasteiger partial charge < -0.3 is 15.5 Å². The van der Waals surface area contributed by atoms with Gasteiger partial charge in [-0.05, 0) is 29.5 Å². The van der Waals surface area contributed by atoms with Crippen molar-refractivity contribution in [3.8, 4) is 11.4 Å². The molecule has 1 amide bonds. The molecule has 0 saturated carbocycles. The zero-order valence-electron chi connectivity index (χ0n) is 17.2. The summed E-state index contributed by atoms with van der Waals surface area (Å²) < 4.78 is 0. The molecule has 1 saturated heterocycles. The molecule has 30 heavy (non-hydrogen) atoms. The SMILES string of the molecule is CC1(C)Cc2cnc(N)nc2-c2n[nH]c(C(=O)N3CCN(c4ccccc4)CC3)c21. The monoisotopic (exact) mass is 403 g/mol. The molecule has 1 fully saturated rings. The number of carbonyl (C=O) groups excluding carboxylic acids is 1. The minimum absolute atomic E-state index is 0.00462. The third-order valence-electron chi connectivity index (χ3n) is 6.09. The Morgan fingerprint density at radius 2 is 1.83 bits per heavy atom. The molecular weight excluding hydrogens is 378 g/mol. The Morgan fingerprint density at radius 1 is 1.10 bits per heavy atom. The fourth-order valence-electron chi connectivity index (χ4n) is 4.61. The Labute approximate surface area is 175 Å². The van der Waals surface area contributed by atoms with Crippen molar-refractivity contribution in [2.24, 2.45) is 0 Å². The number of nitrogens with zero attached hydrogens (tertiary/aromatic N) is 5. The lowest BCUT2D eigenvalue weighted by Gasteiger charge is -2.37. The van der Waals surface area contributed by atoms with E-state index < -0.39 is 0 Å². The molecule has 2 aromatic heterocycles. The van der Waals surface area contributed by atoms with Crippen LogP contribution in [0.1, 0.15) is 35.5 Å². The van der Waals surface area contributed by atoms with Crippen LogP contribution in [-0.4, -0.2) is 57.2 Å². The van der Waals surface area contributed by atoms with Crippen LogP contribution < -0.4 is 10.6 Å². The number of nitrogens with one attached hydrogen (secondary N) is 1. The Bertz CT molecular complexity index is 1100. The van der Waals surface area contributed by atoms with Crippen molar-refractivity contribution in [2.75, 3.05) is 36.8 Å². The van der Waals surface area contributed by atoms with Gasteiger partial charge in [0.1, 0.15) is 11.4 Å². The summed E-state index contributed by atoms with van der Waals surface area (Å²) in [7, 11) is 0. The Morgan fingerprint density at radius 3 is 2.57 bits per heavy atom. The van der Waals surface area contributed by atoms with E-state index in [1.165, 1.54) is 5.69 Å². The van der Waals surface area contributed by atoms with Gasteiger partial charge in [-0.3, -0.25) is 9.89 Å². The van der Waals surface area contributed by atoms with Gasteiger partial charge in [-0.1, -0.05) is 32.0 Å². The van der Waals surface area contributed by atoms with Gasteiger partial charge in [-0.15, -0.1) is 0 Å². The van der Waals surface area contributed by atoms with Gasteiger partial charge in [0.15, 0.2) is 0 Å². The summed E-state index contributed by atoms with van der Waals surface area (Å²) in [5.41, 5.74) is 10.7. The average molecular weight is 403 g/mol. The standard InChI is InChI=1S/C22H25N7O/c1-22(2)12-14-13-24-21(23)25-17(14)18-16(22)19(27-26-18)20(30)29-10-8-28(9-11-29)15-6-4-3-5-7-15/h3-7,13H,8-12H2,1-2H3,(H,26,27)(H2,23,24,25). The summed E-state index contributed by atoms with van der Waals surface area (Å²) in [5, 5.41) is 7.50. The number of amides is 1. The van der Waals surface area contributed by atoms with Crippen molar-refractivity contribution in [2.45, 2.75) is 25.7 Å². The van der Waals surface area contributed by atoms with Crippen LogP contribution in [0.5, 0.6) is 0 Å². The average Bonchev–Trinajstić information content (AvgIpc) is 3.21. The van der Waals surface area contributed by atoms with Gasteiger partial charge in [0.05, 0.1) is 5.69 Å². The van der Waals surface area contributed by atoms with E-state index in [4.69, 9.17) is 5.73 Å². The number of nitrogens with two attached hydrogens (primary N) is 1. The minimum atomic E-state index is -0.258. The Kier molecular flexibility index (Phi) is 4.23. The highest BCUT2D eigenvalue weighted by Gasteiger charge is 2.39. The number of aromatic nitrogens is 4. The van der Waals surface area contributed by atoms with Crippen LogP contribution in [0.4, 0.5) is 11.6 Å². The summed E-state index contributed by atoms with van der Waals surface area (Å²) in [5.74, 6) is 0.210. The van der Waals surface area contributed by atoms with Gasteiger partial charge in [0, 0.05) is 43.6 Å². The Hall–Kier alpha value is -3.42. The smallest absolute Gasteiger partial charge is 0.272 e. The lowest BCUT2D eigenvalue weighted by atomic mass is 9.73. The number of para-hydroxylation sites is 1. The van der Waals surface area contributed by atoms with E-state index in [-0.39, 0.29) is 17.3 Å². The molecule has 5 rings (SSSR count). The summed E-state index contributed by atoms with van der Waals surface area (Å²) in [6, 6.07) is 10.3. The minimum Gasteiger partial charge on any atom is -0.368 e. The van der Waals surface area contributed by atoms with Crippen molar-refractivity contribution in [1.82, 2.24) is 25.1 Å². The predicted molar refractivity (Wildman–Crippen MR) is 115 cm³/mol. The third kappa shape index (κ3) is 2.99. The van der Waals surface area contributed by atoms with E-state index in [1.54, 1.807) is 6.20 Å². The number of H-pyrrole nitrogens is 1. The summed E-state index contributed by atoms with van der Waals surface area (Å²) in [6.45, 7) is 7.22. The van der Waals surface area contributed by atoms with Crippen LogP contribution >= 0.6 is 0 Å². The molecule has 0 radical (unpaired) electrons. The van der Waals surface area contributed by atoms with Gasteiger partial charge in [-0.25, -0.2) is 9.97 Å². The first-order valence-electron chi connectivity index (χ1n) is 10.2. The number of fused-ring (bicyclic) bond motifs is 3. The fraction of sp³-hybridized carbons (Fsp3) is 0.364. The molecule has 0 atom stereocenters. The zero-order valence-corrected chi connectivity index (χ0v) is 17.2.